The highest BCUT2D eigenvalue weighted by Crippen LogP contribution is 2.41. The number of nitrogens with zero attached hydrogens (tertiary/aromatic N) is 1. The minimum atomic E-state index is -0.793. The molecule has 3 rings (SSSR count). The molecule has 2 aromatic heterocycles. The van der Waals surface area contributed by atoms with E-state index in [0.29, 0.717) is 6.54 Å². The maximum absolute atomic E-state index is 10.4. The van der Waals surface area contributed by atoms with Crippen LogP contribution in [0.15, 0.2) is 23.7 Å². The topological polar surface area (TPSA) is 45.1 Å². The average molecular weight is 294 g/mol. The number of thiophene rings is 1. The van der Waals surface area contributed by atoms with Crippen LogP contribution in [0.5, 0.6) is 0 Å². The van der Waals surface area contributed by atoms with Crippen LogP contribution in [0.4, 0.5) is 0 Å². The van der Waals surface area contributed by atoms with Crippen molar-refractivity contribution in [1.29, 1.82) is 0 Å². The summed E-state index contributed by atoms with van der Waals surface area (Å²) in [6.07, 6.45) is 4.56. The Balaban J connectivity index is 1.51. The van der Waals surface area contributed by atoms with E-state index in [-0.39, 0.29) is 0 Å². The number of hydrogen-bond acceptors (Lipinski definition) is 5. The first-order valence-corrected chi connectivity index (χ1v) is 8.26. The summed E-state index contributed by atoms with van der Waals surface area (Å²) < 4.78 is 0. The van der Waals surface area contributed by atoms with E-state index in [1.54, 1.807) is 22.7 Å². The predicted octanol–water partition coefficient (Wildman–Crippen LogP) is 3.08. The SMILES string of the molecule is CC(O)(CNCc1cnc(C2CC2)s1)c1cccs1. The average Bonchev–Trinajstić information content (AvgIpc) is 2.92. The molecular weight excluding hydrogens is 276 g/mol. The molecule has 19 heavy (non-hydrogen) atoms. The van der Waals surface area contributed by atoms with Gasteiger partial charge in [-0.05, 0) is 31.2 Å². The van der Waals surface area contributed by atoms with Crippen molar-refractivity contribution in [2.24, 2.45) is 0 Å². The third-order valence-electron chi connectivity index (χ3n) is 3.32. The summed E-state index contributed by atoms with van der Waals surface area (Å²) in [7, 11) is 0. The minimum Gasteiger partial charge on any atom is -0.383 e. The van der Waals surface area contributed by atoms with Crippen molar-refractivity contribution >= 4 is 22.7 Å². The summed E-state index contributed by atoms with van der Waals surface area (Å²) in [5.74, 6) is 0.730. The number of thiazole rings is 1. The van der Waals surface area contributed by atoms with Gasteiger partial charge in [0, 0.05) is 35.0 Å². The van der Waals surface area contributed by atoms with Gasteiger partial charge in [0.25, 0.3) is 0 Å². The van der Waals surface area contributed by atoms with Crippen LogP contribution in [-0.4, -0.2) is 16.6 Å². The monoisotopic (exact) mass is 294 g/mol. The van der Waals surface area contributed by atoms with Gasteiger partial charge in [0.15, 0.2) is 0 Å². The van der Waals surface area contributed by atoms with Crippen molar-refractivity contribution in [3.8, 4) is 0 Å². The summed E-state index contributed by atoms with van der Waals surface area (Å²) >= 11 is 3.39. The van der Waals surface area contributed by atoms with E-state index in [2.05, 4.69) is 10.3 Å². The summed E-state index contributed by atoms with van der Waals surface area (Å²) in [6.45, 7) is 3.20. The second kappa shape index (κ2) is 5.32. The molecule has 3 nitrogen and oxygen atoms in total. The second-order valence-corrected chi connectivity index (χ2v) is 7.39. The van der Waals surface area contributed by atoms with E-state index in [1.807, 2.05) is 30.6 Å². The van der Waals surface area contributed by atoms with Crippen LogP contribution >= 0.6 is 22.7 Å². The first kappa shape index (κ1) is 13.2. The molecule has 0 amide bonds. The third-order valence-corrected chi connectivity index (χ3v) is 5.60. The molecule has 0 saturated heterocycles. The Hall–Kier alpha value is -0.750. The zero-order valence-corrected chi connectivity index (χ0v) is 12.6. The molecule has 1 saturated carbocycles. The molecule has 1 unspecified atom stereocenters. The van der Waals surface area contributed by atoms with Crippen molar-refractivity contribution in [2.45, 2.75) is 37.8 Å². The standard InChI is InChI=1S/C14H18N2OS2/c1-14(17,12-3-2-6-18-12)9-15-7-11-8-16-13(19-11)10-4-5-10/h2-3,6,8,10,15,17H,4-5,7,9H2,1H3. The lowest BCUT2D eigenvalue weighted by atomic mass is 10.1. The van der Waals surface area contributed by atoms with Crippen LogP contribution in [0.1, 0.15) is 40.4 Å². The molecule has 2 aromatic rings. The van der Waals surface area contributed by atoms with Gasteiger partial charge in [-0.1, -0.05) is 6.07 Å². The Bertz CT molecular complexity index is 529. The van der Waals surface area contributed by atoms with E-state index in [9.17, 15) is 5.11 Å². The van der Waals surface area contributed by atoms with E-state index < -0.39 is 5.60 Å². The molecule has 0 radical (unpaired) electrons. The fraction of sp³-hybridized carbons (Fsp3) is 0.500. The predicted molar refractivity (Wildman–Crippen MR) is 79.7 cm³/mol. The van der Waals surface area contributed by atoms with E-state index in [1.165, 1.54) is 22.7 Å². The highest BCUT2D eigenvalue weighted by Gasteiger charge is 2.27. The molecular formula is C14H18N2OS2. The maximum Gasteiger partial charge on any atom is 0.108 e. The van der Waals surface area contributed by atoms with Crippen LogP contribution in [0.2, 0.25) is 0 Å². The molecule has 0 spiro atoms. The summed E-state index contributed by atoms with van der Waals surface area (Å²) in [5.41, 5.74) is -0.793. The second-order valence-electron chi connectivity index (χ2n) is 5.29. The van der Waals surface area contributed by atoms with Crippen molar-refractivity contribution in [3.63, 3.8) is 0 Å². The largest absolute Gasteiger partial charge is 0.383 e. The lowest BCUT2D eigenvalue weighted by molar-refractivity contribution is 0.0605. The van der Waals surface area contributed by atoms with Crippen LogP contribution in [0, 0.1) is 0 Å². The Morgan fingerprint density at radius 3 is 3.05 bits per heavy atom. The highest BCUT2D eigenvalue weighted by atomic mass is 32.1. The smallest absolute Gasteiger partial charge is 0.108 e. The zero-order valence-electron chi connectivity index (χ0n) is 10.9. The summed E-state index contributed by atoms with van der Waals surface area (Å²) in [6, 6.07) is 3.95. The van der Waals surface area contributed by atoms with E-state index >= 15 is 0 Å². The fourth-order valence-corrected chi connectivity index (χ4v) is 3.87. The van der Waals surface area contributed by atoms with E-state index in [0.717, 1.165) is 17.3 Å². The van der Waals surface area contributed by atoms with Crippen LogP contribution < -0.4 is 5.32 Å². The van der Waals surface area contributed by atoms with Crippen molar-refractivity contribution in [2.75, 3.05) is 6.54 Å². The minimum absolute atomic E-state index is 0.560. The van der Waals surface area contributed by atoms with Crippen molar-refractivity contribution in [1.82, 2.24) is 10.3 Å². The van der Waals surface area contributed by atoms with Crippen LogP contribution in [0.25, 0.3) is 0 Å². The van der Waals surface area contributed by atoms with Gasteiger partial charge in [0.2, 0.25) is 0 Å². The number of hydrogen-bond donors (Lipinski definition) is 2. The first-order chi connectivity index (χ1) is 9.15. The fourth-order valence-electron chi connectivity index (χ4n) is 2.02. The van der Waals surface area contributed by atoms with Gasteiger partial charge in [-0.3, -0.25) is 0 Å². The van der Waals surface area contributed by atoms with Crippen LogP contribution in [-0.2, 0) is 12.1 Å². The normalized spacial score (nSPS) is 18.4. The molecule has 1 atom stereocenters. The third kappa shape index (κ3) is 3.23. The quantitative estimate of drug-likeness (QED) is 0.860. The molecule has 5 heteroatoms. The number of aromatic nitrogens is 1. The molecule has 1 fully saturated rings. The van der Waals surface area contributed by atoms with Gasteiger partial charge in [-0.2, -0.15) is 0 Å². The Morgan fingerprint density at radius 1 is 1.53 bits per heavy atom. The molecule has 2 N–H and O–H groups in total. The van der Waals surface area contributed by atoms with Crippen LogP contribution in [0.3, 0.4) is 0 Å². The molecule has 0 aliphatic heterocycles. The maximum atomic E-state index is 10.4. The van der Waals surface area contributed by atoms with Gasteiger partial charge in [-0.25, -0.2) is 4.98 Å². The molecule has 0 bridgehead atoms. The van der Waals surface area contributed by atoms with Crippen molar-refractivity contribution < 1.29 is 5.11 Å². The molecule has 102 valence electrons. The van der Waals surface area contributed by atoms with Gasteiger partial charge in [0.05, 0.1) is 5.01 Å². The molecule has 1 aliphatic carbocycles. The highest BCUT2D eigenvalue weighted by molar-refractivity contribution is 7.11. The molecule has 1 aliphatic rings. The summed E-state index contributed by atoms with van der Waals surface area (Å²) in [5, 5.41) is 17.0. The lowest BCUT2D eigenvalue weighted by Crippen LogP contribution is -2.34. The first-order valence-electron chi connectivity index (χ1n) is 6.57. The Labute approximate surface area is 121 Å². The van der Waals surface area contributed by atoms with Gasteiger partial charge in [-0.15, -0.1) is 22.7 Å². The number of rotatable bonds is 6. The molecule has 0 aromatic carbocycles. The zero-order chi connectivity index (χ0) is 13.3. The van der Waals surface area contributed by atoms with Gasteiger partial charge < -0.3 is 10.4 Å². The van der Waals surface area contributed by atoms with Crippen molar-refractivity contribution in [3.05, 3.63) is 38.5 Å². The summed E-state index contributed by atoms with van der Waals surface area (Å²) in [4.78, 5) is 6.72. The van der Waals surface area contributed by atoms with Gasteiger partial charge in [0.1, 0.15) is 5.60 Å². The lowest BCUT2D eigenvalue weighted by Gasteiger charge is -2.22. The Morgan fingerprint density at radius 2 is 2.37 bits per heavy atom. The molecule has 2 heterocycles. The number of aliphatic hydroxyl groups is 1. The van der Waals surface area contributed by atoms with Gasteiger partial charge >= 0.3 is 0 Å². The van der Waals surface area contributed by atoms with E-state index in [4.69, 9.17) is 0 Å². The number of nitrogens with one attached hydrogen (secondary N) is 1. The Kier molecular flexibility index (Phi) is 3.71.